The van der Waals surface area contributed by atoms with Gasteiger partial charge in [-0.25, -0.2) is 0 Å². The third-order valence-electron chi connectivity index (χ3n) is 7.95. The van der Waals surface area contributed by atoms with E-state index in [1.165, 1.54) is 24.2 Å². The zero-order chi connectivity index (χ0) is 32.5. The Morgan fingerprint density at radius 2 is 1.93 bits per heavy atom. The minimum atomic E-state index is -0.469. The van der Waals surface area contributed by atoms with Gasteiger partial charge in [0, 0.05) is 41.7 Å². The summed E-state index contributed by atoms with van der Waals surface area (Å²) in [7, 11) is 1.36. The number of nitrogens with zero attached hydrogens (tertiary/aromatic N) is 7. The van der Waals surface area contributed by atoms with Crippen LogP contribution in [-0.4, -0.2) is 73.3 Å². The van der Waals surface area contributed by atoms with Crippen LogP contribution in [0.5, 0.6) is 0 Å². The molecule has 1 aliphatic heterocycles. The second kappa shape index (κ2) is 15.3. The summed E-state index contributed by atoms with van der Waals surface area (Å²) in [5, 5.41) is 23.7. The van der Waals surface area contributed by atoms with Crippen LogP contribution < -0.4 is 5.32 Å². The summed E-state index contributed by atoms with van der Waals surface area (Å²) in [6.45, 7) is 3.24. The first-order valence-electron chi connectivity index (χ1n) is 15.1. The van der Waals surface area contributed by atoms with Gasteiger partial charge < -0.3 is 15.0 Å². The minimum absolute atomic E-state index is 0.130. The summed E-state index contributed by atoms with van der Waals surface area (Å²) in [5.74, 6) is -0.340. The van der Waals surface area contributed by atoms with Gasteiger partial charge in [-0.05, 0) is 77.1 Å². The van der Waals surface area contributed by atoms with Crippen molar-refractivity contribution in [3.05, 3.63) is 89.0 Å². The largest absolute Gasteiger partial charge is 0.469 e. The van der Waals surface area contributed by atoms with E-state index in [1.54, 1.807) is 30.5 Å². The Morgan fingerprint density at radius 1 is 1.11 bits per heavy atom. The first-order chi connectivity index (χ1) is 22.3. The molecule has 5 rings (SSSR count). The number of likely N-dealkylation sites (tertiary alicyclic amines) is 1. The molecule has 1 saturated heterocycles. The first-order valence-corrected chi connectivity index (χ1v) is 15.5. The van der Waals surface area contributed by atoms with Gasteiger partial charge in [-0.15, -0.1) is 5.10 Å². The van der Waals surface area contributed by atoms with Gasteiger partial charge in [0.15, 0.2) is 0 Å². The Morgan fingerprint density at radius 3 is 2.67 bits per heavy atom. The van der Waals surface area contributed by atoms with Crippen LogP contribution in [0.15, 0.2) is 67.1 Å². The van der Waals surface area contributed by atoms with Crippen LogP contribution in [0.4, 0.5) is 0 Å². The quantitative estimate of drug-likeness (QED) is 0.186. The van der Waals surface area contributed by atoms with Crippen molar-refractivity contribution in [2.75, 3.05) is 20.2 Å². The number of hydrogen-bond donors (Lipinski definition) is 1. The molecule has 2 atom stereocenters. The normalized spacial score (nSPS) is 15.5. The number of amides is 2. The van der Waals surface area contributed by atoms with E-state index in [2.05, 4.69) is 31.0 Å². The highest BCUT2D eigenvalue weighted by molar-refractivity contribution is 6.30. The van der Waals surface area contributed by atoms with E-state index >= 15 is 0 Å². The maximum absolute atomic E-state index is 13.4. The van der Waals surface area contributed by atoms with Crippen molar-refractivity contribution in [2.45, 2.75) is 45.1 Å². The molecule has 238 valence electrons. The average molecular weight is 643 g/mol. The highest BCUT2D eigenvalue weighted by Crippen LogP contribution is 2.29. The molecule has 12 nitrogen and oxygen atoms in total. The lowest BCUT2D eigenvalue weighted by Crippen LogP contribution is -2.41. The molecule has 0 radical (unpaired) electrons. The molecule has 2 aromatic heterocycles. The number of rotatable bonds is 11. The number of piperidine rings is 1. The van der Waals surface area contributed by atoms with Gasteiger partial charge in [-0.3, -0.25) is 14.4 Å². The summed E-state index contributed by atoms with van der Waals surface area (Å²) in [6, 6.07) is 14.2. The SMILES string of the molecule is CCC(=O)N1CCCC(C[C@H](NC(=O)/C=C/c2cc(Cl)ccc2-n2cnnn2)c2cc(-c3ccc(CC(=O)OC)cc3)cnn2)C1. The van der Waals surface area contributed by atoms with Gasteiger partial charge in [-0.2, -0.15) is 14.9 Å². The number of nitrogens with one attached hydrogen (secondary N) is 1. The molecular weight excluding hydrogens is 608 g/mol. The van der Waals surface area contributed by atoms with Crippen LogP contribution in [0.2, 0.25) is 5.02 Å². The van der Waals surface area contributed by atoms with Gasteiger partial charge in [0.2, 0.25) is 11.8 Å². The lowest BCUT2D eigenvalue weighted by molar-refractivity contribution is -0.139. The molecule has 0 bridgehead atoms. The van der Waals surface area contributed by atoms with Crippen LogP contribution in [-0.2, 0) is 25.5 Å². The Labute approximate surface area is 271 Å². The van der Waals surface area contributed by atoms with Crippen LogP contribution in [0.25, 0.3) is 22.9 Å². The second-order valence-electron chi connectivity index (χ2n) is 11.1. The molecule has 2 amide bonds. The van der Waals surface area contributed by atoms with E-state index < -0.39 is 6.04 Å². The molecule has 1 fully saturated rings. The van der Waals surface area contributed by atoms with E-state index in [0.29, 0.717) is 41.4 Å². The van der Waals surface area contributed by atoms with Crippen molar-refractivity contribution in [3.8, 4) is 16.8 Å². The maximum atomic E-state index is 13.4. The van der Waals surface area contributed by atoms with Gasteiger partial charge >= 0.3 is 5.97 Å². The molecule has 1 aliphatic rings. The van der Waals surface area contributed by atoms with Crippen molar-refractivity contribution >= 4 is 35.5 Å². The lowest BCUT2D eigenvalue weighted by Gasteiger charge is -2.34. The standard InChI is InChI=1S/C33H35ClN8O4/c1-3-32(44)41-14-4-5-23(20-41)15-28(29-18-26(19-35-38-29)24-8-6-22(7-9-24)16-33(45)46-2)37-31(43)13-10-25-17-27(34)11-12-30(25)42-21-36-39-40-42/h6-13,17-19,21,23,28H,3-5,14-16,20H2,1-2H3,(H,37,43)/b13-10+/t23?,28-/m0/s1. The lowest BCUT2D eigenvalue weighted by atomic mass is 9.89. The highest BCUT2D eigenvalue weighted by Gasteiger charge is 2.27. The van der Waals surface area contributed by atoms with Crippen molar-refractivity contribution in [1.82, 2.24) is 40.6 Å². The molecule has 3 heterocycles. The number of tetrazole rings is 1. The molecule has 0 aliphatic carbocycles. The molecule has 4 aromatic rings. The highest BCUT2D eigenvalue weighted by atomic mass is 35.5. The van der Waals surface area contributed by atoms with Crippen molar-refractivity contribution in [2.24, 2.45) is 5.92 Å². The summed E-state index contributed by atoms with van der Waals surface area (Å²) in [6.07, 6.45) is 9.29. The van der Waals surface area contributed by atoms with Crippen LogP contribution in [0.1, 0.15) is 55.5 Å². The van der Waals surface area contributed by atoms with E-state index in [4.69, 9.17) is 16.3 Å². The average Bonchev–Trinajstić information content (AvgIpc) is 3.62. The van der Waals surface area contributed by atoms with Gasteiger partial charge in [0.25, 0.3) is 0 Å². The zero-order valence-corrected chi connectivity index (χ0v) is 26.4. The maximum Gasteiger partial charge on any atom is 0.309 e. The monoisotopic (exact) mass is 642 g/mol. The Hall–Kier alpha value is -4.97. The zero-order valence-electron chi connectivity index (χ0n) is 25.7. The Kier molecular flexibility index (Phi) is 10.8. The summed E-state index contributed by atoms with van der Waals surface area (Å²) < 4.78 is 6.26. The summed E-state index contributed by atoms with van der Waals surface area (Å²) in [4.78, 5) is 39.5. The fourth-order valence-corrected chi connectivity index (χ4v) is 5.76. The predicted octanol–water partition coefficient (Wildman–Crippen LogP) is 4.40. The third kappa shape index (κ3) is 8.39. The minimum Gasteiger partial charge on any atom is -0.469 e. The molecule has 46 heavy (non-hydrogen) atoms. The van der Waals surface area contributed by atoms with Gasteiger partial charge in [0.05, 0.1) is 37.2 Å². The number of carbonyl (C=O) groups is 3. The number of hydrogen-bond acceptors (Lipinski definition) is 9. The predicted molar refractivity (Wildman–Crippen MR) is 171 cm³/mol. The Bertz CT molecular complexity index is 1690. The fraction of sp³-hybridized carbons (Fsp3) is 0.333. The summed E-state index contributed by atoms with van der Waals surface area (Å²) in [5.41, 5.74) is 4.47. The van der Waals surface area contributed by atoms with E-state index in [0.717, 1.165) is 36.1 Å². The molecular formula is C33H35ClN8O4. The van der Waals surface area contributed by atoms with E-state index in [9.17, 15) is 14.4 Å². The smallest absolute Gasteiger partial charge is 0.309 e. The number of carbonyl (C=O) groups excluding carboxylic acids is 3. The number of ether oxygens (including phenoxy) is 1. The van der Waals surface area contributed by atoms with Gasteiger partial charge in [0.1, 0.15) is 6.33 Å². The molecule has 1 unspecified atom stereocenters. The molecule has 0 saturated carbocycles. The molecule has 2 aromatic carbocycles. The number of aromatic nitrogens is 6. The van der Waals surface area contributed by atoms with Crippen molar-refractivity contribution in [1.29, 1.82) is 0 Å². The van der Waals surface area contributed by atoms with Crippen molar-refractivity contribution in [3.63, 3.8) is 0 Å². The molecule has 1 N–H and O–H groups in total. The topological polar surface area (TPSA) is 145 Å². The Balaban J connectivity index is 1.39. The second-order valence-corrected chi connectivity index (χ2v) is 11.5. The number of methoxy groups -OCH3 is 1. The molecule has 13 heteroatoms. The molecule has 0 spiro atoms. The van der Waals surface area contributed by atoms with Crippen molar-refractivity contribution < 1.29 is 19.1 Å². The van der Waals surface area contributed by atoms with Crippen LogP contribution >= 0.6 is 11.6 Å². The number of benzene rings is 2. The number of esters is 1. The van der Waals surface area contributed by atoms with E-state index in [1.807, 2.05) is 42.2 Å². The third-order valence-corrected chi connectivity index (χ3v) is 8.19. The first kappa shape index (κ1) is 32.4. The fourth-order valence-electron chi connectivity index (χ4n) is 5.58. The van der Waals surface area contributed by atoms with Crippen LogP contribution in [0, 0.1) is 5.92 Å². The number of halogens is 1. The van der Waals surface area contributed by atoms with E-state index in [-0.39, 0.29) is 30.1 Å². The summed E-state index contributed by atoms with van der Waals surface area (Å²) >= 11 is 6.25. The van der Waals surface area contributed by atoms with Gasteiger partial charge in [-0.1, -0.05) is 42.8 Å². The van der Waals surface area contributed by atoms with Crippen LogP contribution in [0.3, 0.4) is 0 Å².